The van der Waals surface area contributed by atoms with E-state index in [9.17, 15) is 4.79 Å². The van der Waals surface area contributed by atoms with E-state index in [-0.39, 0.29) is 5.91 Å². The normalized spacial score (nSPS) is 10.3. The zero-order valence-corrected chi connectivity index (χ0v) is 11.1. The van der Waals surface area contributed by atoms with Crippen LogP contribution in [-0.2, 0) is 17.8 Å². The van der Waals surface area contributed by atoms with Crippen molar-refractivity contribution in [1.29, 1.82) is 0 Å². The van der Waals surface area contributed by atoms with Crippen molar-refractivity contribution in [3.63, 3.8) is 0 Å². The van der Waals surface area contributed by atoms with Gasteiger partial charge in [0.2, 0.25) is 5.91 Å². The van der Waals surface area contributed by atoms with Gasteiger partial charge in [-0.15, -0.1) is 11.8 Å². The third kappa shape index (κ3) is 3.40. The van der Waals surface area contributed by atoms with Crippen LogP contribution in [0.2, 0.25) is 0 Å². The smallest absolute Gasteiger partial charge is 0.224 e. The molecule has 1 amide bonds. The highest BCUT2D eigenvalue weighted by molar-refractivity contribution is 7.98. The van der Waals surface area contributed by atoms with E-state index < -0.39 is 0 Å². The molecule has 0 fully saturated rings. The van der Waals surface area contributed by atoms with Crippen LogP contribution >= 0.6 is 11.8 Å². The summed E-state index contributed by atoms with van der Waals surface area (Å²) in [6.45, 7) is 0.549. The predicted molar refractivity (Wildman–Crippen MR) is 74.6 cm³/mol. The SMILES string of the molecule is CSc1ccccc1CC(=O)NCc1ccc[nH]1. The third-order valence-corrected chi connectivity index (χ3v) is 3.52. The first-order valence-electron chi connectivity index (χ1n) is 5.80. The molecule has 1 heterocycles. The van der Waals surface area contributed by atoms with Crippen molar-refractivity contribution < 1.29 is 4.79 Å². The minimum absolute atomic E-state index is 0.0473. The Balaban J connectivity index is 1.90. The van der Waals surface area contributed by atoms with Crippen LogP contribution in [0.4, 0.5) is 0 Å². The largest absolute Gasteiger partial charge is 0.364 e. The van der Waals surface area contributed by atoms with Crippen LogP contribution < -0.4 is 5.32 Å². The molecule has 0 unspecified atom stereocenters. The van der Waals surface area contributed by atoms with Gasteiger partial charge in [-0.2, -0.15) is 0 Å². The van der Waals surface area contributed by atoms with E-state index in [0.29, 0.717) is 13.0 Å². The number of carbonyl (C=O) groups excluding carboxylic acids is 1. The van der Waals surface area contributed by atoms with Crippen molar-refractivity contribution in [3.8, 4) is 0 Å². The molecule has 0 radical (unpaired) electrons. The lowest BCUT2D eigenvalue weighted by molar-refractivity contribution is -0.120. The zero-order valence-electron chi connectivity index (χ0n) is 10.3. The first-order chi connectivity index (χ1) is 8.79. The molecule has 1 aromatic heterocycles. The topological polar surface area (TPSA) is 44.9 Å². The van der Waals surface area contributed by atoms with E-state index in [1.54, 1.807) is 11.8 Å². The van der Waals surface area contributed by atoms with E-state index in [1.807, 2.05) is 48.9 Å². The van der Waals surface area contributed by atoms with Gasteiger partial charge in [0.1, 0.15) is 0 Å². The van der Waals surface area contributed by atoms with Crippen LogP contribution in [0.3, 0.4) is 0 Å². The maximum atomic E-state index is 11.8. The number of aromatic nitrogens is 1. The number of benzene rings is 1. The lowest BCUT2D eigenvalue weighted by Crippen LogP contribution is -2.24. The molecule has 4 heteroatoms. The summed E-state index contributed by atoms with van der Waals surface area (Å²) in [4.78, 5) is 16.1. The number of hydrogen-bond acceptors (Lipinski definition) is 2. The molecular formula is C14H16N2OS. The summed E-state index contributed by atoms with van der Waals surface area (Å²) in [5.41, 5.74) is 2.09. The fourth-order valence-electron chi connectivity index (χ4n) is 1.76. The molecule has 0 bridgehead atoms. The molecule has 0 aliphatic rings. The molecule has 2 N–H and O–H groups in total. The highest BCUT2D eigenvalue weighted by atomic mass is 32.2. The average molecular weight is 260 g/mol. The van der Waals surface area contributed by atoms with Gasteiger partial charge in [0.05, 0.1) is 13.0 Å². The van der Waals surface area contributed by atoms with Gasteiger partial charge in [-0.25, -0.2) is 0 Å². The van der Waals surface area contributed by atoms with Gasteiger partial charge in [0, 0.05) is 16.8 Å². The minimum atomic E-state index is 0.0473. The second-order valence-corrected chi connectivity index (χ2v) is 4.81. The van der Waals surface area contributed by atoms with Crippen molar-refractivity contribution in [2.45, 2.75) is 17.9 Å². The summed E-state index contributed by atoms with van der Waals surface area (Å²) in [6, 6.07) is 11.9. The first-order valence-corrected chi connectivity index (χ1v) is 7.03. The monoisotopic (exact) mass is 260 g/mol. The first kappa shape index (κ1) is 12.8. The van der Waals surface area contributed by atoms with E-state index in [0.717, 1.165) is 16.2 Å². The maximum Gasteiger partial charge on any atom is 0.224 e. The van der Waals surface area contributed by atoms with E-state index in [4.69, 9.17) is 0 Å². The fourth-order valence-corrected chi connectivity index (χ4v) is 2.37. The van der Waals surface area contributed by atoms with Gasteiger partial charge < -0.3 is 10.3 Å². The van der Waals surface area contributed by atoms with Crippen LogP contribution in [0.1, 0.15) is 11.3 Å². The van der Waals surface area contributed by atoms with Gasteiger partial charge in [0.25, 0.3) is 0 Å². The Hall–Kier alpha value is -1.68. The molecule has 2 rings (SSSR count). The van der Waals surface area contributed by atoms with Crippen LogP contribution in [0.5, 0.6) is 0 Å². The second-order valence-electron chi connectivity index (χ2n) is 3.96. The predicted octanol–water partition coefficient (Wildman–Crippen LogP) is 2.60. The maximum absolute atomic E-state index is 11.8. The van der Waals surface area contributed by atoms with Crippen molar-refractivity contribution in [2.24, 2.45) is 0 Å². The standard InChI is InChI=1S/C14H16N2OS/c1-18-13-7-3-2-5-11(13)9-14(17)16-10-12-6-4-8-15-12/h2-8,15H,9-10H2,1H3,(H,16,17). The highest BCUT2D eigenvalue weighted by Gasteiger charge is 2.06. The number of thioether (sulfide) groups is 1. The van der Waals surface area contributed by atoms with Crippen LogP contribution in [-0.4, -0.2) is 17.1 Å². The van der Waals surface area contributed by atoms with Gasteiger partial charge in [0.15, 0.2) is 0 Å². The van der Waals surface area contributed by atoms with E-state index >= 15 is 0 Å². The number of carbonyl (C=O) groups is 1. The molecule has 0 saturated heterocycles. The van der Waals surface area contributed by atoms with E-state index in [1.165, 1.54) is 0 Å². The van der Waals surface area contributed by atoms with Gasteiger partial charge in [-0.3, -0.25) is 4.79 Å². The Morgan fingerprint density at radius 3 is 2.83 bits per heavy atom. The van der Waals surface area contributed by atoms with Gasteiger partial charge in [-0.05, 0) is 30.0 Å². The number of nitrogens with one attached hydrogen (secondary N) is 2. The molecule has 0 aliphatic carbocycles. The van der Waals surface area contributed by atoms with E-state index in [2.05, 4.69) is 10.3 Å². The molecule has 0 atom stereocenters. The Kier molecular flexibility index (Phi) is 4.47. The van der Waals surface area contributed by atoms with Gasteiger partial charge >= 0.3 is 0 Å². The average Bonchev–Trinajstić information content (AvgIpc) is 2.90. The molecule has 0 aliphatic heterocycles. The molecule has 0 saturated carbocycles. The molecule has 0 spiro atoms. The Bertz CT molecular complexity index is 508. The van der Waals surface area contributed by atoms with Crippen molar-refractivity contribution >= 4 is 17.7 Å². The van der Waals surface area contributed by atoms with Crippen molar-refractivity contribution in [3.05, 3.63) is 53.9 Å². The summed E-state index contributed by atoms with van der Waals surface area (Å²) in [7, 11) is 0. The molecule has 94 valence electrons. The third-order valence-electron chi connectivity index (χ3n) is 2.68. The number of aromatic amines is 1. The summed E-state index contributed by atoms with van der Waals surface area (Å²) in [5, 5.41) is 2.91. The van der Waals surface area contributed by atoms with Crippen LogP contribution in [0, 0.1) is 0 Å². The quantitative estimate of drug-likeness (QED) is 0.812. The summed E-state index contributed by atoms with van der Waals surface area (Å²) < 4.78 is 0. The Morgan fingerprint density at radius 1 is 1.28 bits per heavy atom. The summed E-state index contributed by atoms with van der Waals surface area (Å²) in [6.07, 6.45) is 4.30. The number of hydrogen-bond donors (Lipinski definition) is 2. The van der Waals surface area contributed by atoms with Crippen molar-refractivity contribution in [2.75, 3.05) is 6.26 Å². The molecule has 18 heavy (non-hydrogen) atoms. The van der Waals surface area contributed by atoms with Crippen LogP contribution in [0.25, 0.3) is 0 Å². The summed E-state index contributed by atoms with van der Waals surface area (Å²) in [5.74, 6) is 0.0473. The second kappa shape index (κ2) is 6.31. The minimum Gasteiger partial charge on any atom is -0.364 e. The lowest BCUT2D eigenvalue weighted by Gasteiger charge is -2.07. The Morgan fingerprint density at radius 2 is 2.11 bits per heavy atom. The molecular weight excluding hydrogens is 244 g/mol. The number of rotatable bonds is 5. The molecule has 1 aromatic carbocycles. The highest BCUT2D eigenvalue weighted by Crippen LogP contribution is 2.20. The zero-order chi connectivity index (χ0) is 12.8. The van der Waals surface area contributed by atoms with Crippen molar-refractivity contribution in [1.82, 2.24) is 10.3 Å². The van der Waals surface area contributed by atoms with Gasteiger partial charge in [-0.1, -0.05) is 18.2 Å². The summed E-state index contributed by atoms with van der Waals surface area (Å²) >= 11 is 1.67. The number of amides is 1. The fraction of sp³-hybridized carbons (Fsp3) is 0.214. The Labute approximate surface area is 111 Å². The molecule has 3 nitrogen and oxygen atoms in total. The van der Waals surface area contributed by atoms with Crippen LogP contribution in [0.15, 0.2) is 47.5 Å². The lowest BCUT2D eigenvalue weighted by atomic mass is 10.1. The number of H-pyrrole nitrogens is 1. The molecule has 2 aromatic rings.